The van der Waals surface area contributed by atoms with Gasteiger partial charge in [0, 0.05) is 15.9 Å². The second kappa shape index (κ2) is 5.10. The molecule has 0 saturated heterocycles. The quantitative estimate of drug-likeness (QED) is 0.905. The topological polar surface area (TPSA) is 26.0 Å². The summed E-state index contributed by atoms with van der Waals surface area (Å²) in [5.74, 6) is 0. The first-order chi connectivity index (χ1) is 9.21. The predicted molar refractivity (Wildman–Crippen MR) is 83.2 cm³/mol. The minimum absolute atomic E-state index is 0.205. The van der Waals surface area contributed by atoms with Crippen molar-refractivity contribution in [1.29, 1.82) is 0 Å². The van der Waals surface area contributed by atoms with E-state index in [0.29, 0.717) is 0 Å². The van der Waals surface area contributed by atoms with Crippen LogP contribution in [0, 0.1) is 0 Å². The molecule has 0 amide bonds. The number of halogens is 1. The summed E-state index contributed by atoms with van der Waals surface area (Å²) in [5.41, 5.74) is 9.43. The summed E-state index contributed by atoms with van der Waals surface area (Å²) in [4.78, 5) is 0. The average molecular weight is 316 g/mol. The fraction of sp³-hybridized carbons (Fsp3) is 0.294. The van der Waals surface area contributed by atoms with Crippen LogP contribution in [-0.4, -0.2) is 6.04 Å². The van der Waals surface area contributed by atoms with Crippen LogP contribution in [-0.2, 0) is 11.8 Å². The van der Waals surface area contributed by atoms with Crippen LogP contribution in [0.15, 0.2) is 59.1 Å². The van der Waals surface area contributed by atoms with Crippen molar-refractivity contribution in [2.75, 3.05) is 0 Å². The molecule has 0 radical (unpaired) electrons. The number of hydrogen-bond acceptors (Lipinski definition) is 1. The Morgan fingerprint density at radius 1 is 1.00 bits per heavy atom. The SMILES string of the molecule is NC(Cc1ccccc1)C1(c2ccc(Br)cc2)CC1. The van der Waals surface area contributed by atoms with Crippen LogP contribution in [0.5, 0.6) is 0 Å². The maximum absolute atomic E-state index is 6.50. The van der Waals surface area contributed by atoms with Gasteiger partial charge in [0.05, 0.1) is 0 Å². The Morgan fingerprint density at radius 2 is 1.63 bits per heavy atom. The summed E-state index contributed by atoms with van der Waals surface area (Å²) in [7, 11) is 0. The Kier molecular flexibility index (Phi) is 3.46. The highest BCUT2D eigenvalue weighted by atomic mass is 79.9. The Balaban J connectivity index is 1.79. The smallest absolute Gasteiger partial charge is 0.0177 e. The molecule has 2 aromatic carbocycles. The summed E-state index contributed by atoms with van der Waals surface area (Å²) in [6.45, 7) is 0. The zero-order valence-electron chi connectivity index (χ0n) is 10.9. The summed E-state index contributed by atoms with van der Waals surface area (Å²) < 4.78 is 1.13. The molecule has 1 nitrogen and oxygen atoms in total. The molecule has 0 aliphatic heterocycles. The Bertz CT molecular complexity index is 543. The highest BCUT2D eigenvalue weighted by Crippen LogP contribution is 2.51. The second-order valence-corrected chi connectivity index (χ2v) is 6.37. The van der Waals surface area contributed by atoms with E-state index in [1.165, 1.54) is 24.0 Å². The van der Waals surface area contributed by atoms with E-state index in [4.69, 9.17) is 5.73 Å². The molecule has 1 aliphatic rings. The van der Waals surface area contributed by atoms with Gasteiger partial charge in [-0.2, -0.15) is 0 Å². The fourth-order valence-corrected chi connectivity index (χ4v) is 3.12. The van der Waals surface area contributed by atoms with Crippen LogP contribution in [0.3, 0.4) is 0 Å². The van der Waals surface area contributed by atoms with E-state index < -0.39 is 0 Å². The Hall–Kier alpha value is -1.12. The third-order valence-corrected chi connectivity index (χ3v) is 4.74. The van der Waals surface area contributed by atoms with Crippen LogP contribution < -0.4 is 5.73 Å². The van der Waals surface area contributed by atoms with E-state index in [0.717, 1.165) is 10.9 Å². The van der Waals surface area contributed by atoms with Crippen LogP contribution in [0.25, 0.3) is 0 Å². The molecule has 0 bridgehead atoms. The van der Waals surface area contributed by atoms with E-state index in [1.54, 1.807) is 0 Å². The van der Waals surface area contributed by atoms with Gasteiger partial charge in [0.25, 0.3) is 0 Å². The molecule has 1 saturated carbocycles. The molecule has 98 valence electrons. The minimum atomic E-state index is 0.205. The first kappa shape index (κ1) is 12.9. The van der Waals surface area contributed by atoms with E-state index in [2.05, 4.69) is 70.5 Å². The minimum Gasteiger partial charge on any atom is -0.327 e. The third-order valence-electron chi connectivity index (χ3n) is 4.22. The van der Waals surface area contributed by atoms with E-state index in [1.807, 2.05) is 0 Å². The van der Waals surface area contributed by atoms with Gasteiger partial charge in [-0.05, 0) is 42.5 Å². The van der Waals surface area contributed by atoms with Crippen LogP contribution >= 0.6 is 15.9 Å². The molecule has 2 aromatic rings. The lowest BCUT2D eigenvalue weighted by Crippen LogP contribution is -2.36. The van der Waals surface area contributed by atoms with Crippen molar-refractivity contribution in [3.8, 4) is 0 Å². The molecule has 2 N–H and O–H groups in total. The van der Waals surface area contributed by atoms with E-state index >= 15 is 0 Å². The van der Waals surface area contributed by atoms with Gasteiger partial charge in [-0.3, -0.25) is 0 Å². The highest BCUT2D eigenvalue weighted by Gasteiger charge is 2.48. The van der Waals surface area contributed by atoms with Gasteiger partial charge in [-0.25, -0.2) is 0 Å². The molecule has 1 fully saturated rings. The van der Waals surface area contributed by atoms with Gasteiger partial charge in [-0.1, -0.05) is 58.4 Å². The molecule has 19 heavy (non-hydrogen) atoms. The average Bonchev–Trinajstić information content (AvgIpc) is 3.22. The molecule has 0 heterocycles. The molecular formula is C17H18BrN. The van der Waals surface area contributed by atoms with Crippen molar-refractivity contribution in [3.63, 3.8) is 0 Å². The van der Waals surface area contributed by atoms with Gasteiger partial charge in [0.2, 0.25) is 0 Å². The number of benzene rings is 2. The van der Waals surface area contributed by atoms with E-state index in [9.17, 15) is 0 Å². The standard InChI is InChI=1S/C17H18BrN/c18-15-8-6-14(7-9-15)17(10-11-17)16(19)12-13-4-2-1-3-5-13/h1-9,16H,10-12,19H2. The lowest BCUT2D eigenvalue weighted by molar-refractivity contribution is 0.514. The fourth-order valence-electron chi connectivity index (χ4n) is 2.85. The molecule has 2 heteroatoms. The summed E-state index contributed by atoms with van der Waals surface area (Å²) >= 11 is 3.49. The van der Waals surface area contributed by atoms with Crippen molar-refractivity contribution in [2.45, 2.75) is 30.7 Å². The van der Waals surface area contributed by atoms with Crippen molar-refractivity contribution < 1.29 is 0 Å². The molecule has 1 aliphatic carbocycles. The Labute approximate surface area is 123 Å². The van der Waals surface area contributed by atoms with Gasteiger partial charge in [0.1, 0.15) is 0 Å². The van der Waals surface area contributed by atoms with Gasteiger partial charge in [-0.15, -0.1) is 0 Å². The first-order valence-corrected chi connectivity index (χ1v) is 7.55. The highest BCUT2D eigenvalue weighted by molar-refractivity contribution is 9.10. The molecule has 3 rings (SSSR count). The van der Waals surface area contributed by atoms with Crippen molar-refractivity contribution in [2.24, 2.45) is 5.73 Å². The zero-order chi connectivity index (χ0) is 13.3. The Morgan fingerprint density at radius 3 is 2.21 bits per heavy atom. The summed E-state index contributed by atoms with van der Waals surface area (Å²) in [5, 5.41) is 0. The van der Waals surface area contributed by atoms with Crippen molar-refractivity contribution >= 4 is 15.9 Å². The van der Waals surface area contributed by atoms with Crippen LogP contribution in [0.1, 0.15) is 24.0 Å². The summed E-state index contributed by atoms with van der Waals surface area (Å²) in [6.07, 6.45) is 3.38. The molecule has 1 atom stereocenters. The van der Waals surface area contributed by atoms with Crippen molar-refractivity contribution in [1.82, 2.24) is 0 Å². The number of rotatable bonds is 4. The monoisotopic (exact) mass is 315 g/mol. The summed E-state index contributed by atoms with van der Waals surface area (Å²) in [6, 6.07) is 19.4. The predicted octanol–water partition coefficient (Wildman–Crippen LogP) is 4.05. The van der Waals surface area contributed by atoms with Crippen molar-refractivity contribution in [3.05, 3.63) is 70.2 Å². The second-order valence-electron chi connectivity index (χ2n) is 5.46. The maximum atomic E-state index is 6.50. The maximum Gasteiger partial charge on any atom is 0.0177 e. The number of hydrogen-bond donors (Lipinski definition) is 1. The lowest BCUT2D eigenvalue weighted by atomic mass is 9.85. The third kappa shape index (κ3) is 2.60. The number of nitrogens with two attached hydrogens (primary N) is 1. The molecule has 1 unspecified atom stereocenters. The van der Waals surface area contributed by atoms with E-state index in [-0.39, 0.29) is 11.5 Å². The largest absolute Gasteiger partial charge is 0.327 e. The molecular weight excluding hydrogens is 298 g/mol. The first-order valence-electron chi connectivity index (χ1n) is 6.76. The zero-order valence-corrected chi connectivity index (χ0v) is 12.4. The van der Waals surface area contributed by atoms with Crippen LogP contribution in [0.2, 0.25) is 0 Å². The molecule has 0 aromatic heterocycles. The van der Waals surface area contributed by atoms with Gasteiger partial charge in [0.15, 0.2) is 0 Å². The molecule has 0 spiro atoms. The van der Waals surface area contributed by atoms with Gasteiger partial charge < -0.3 is 5.73 Å². The normalized spacial score (nSPS) is 18.0. The van der Waals surface area contributed by atoms with Gasteiger partial charge >= 0.3 is 0 Å². The lowest BCUT2D eigenvalue weighted by Gasteiger charge is -2.24. The van der Waals surface area contributed by atoms with Crippen LogP contribution in [0.4, 0.5) is 0 Å².